The summed E-state index contributed by atoms with van der Waals surface area (Å²) < 4.78 is 2.53. The molecule has 0 amide bonds. The zero-order valence-electron chi connectivity index (χ0n) is 15.0. The van der Waals surface area contributed by atoms with Crippen LogP contribution in [0.2, 0.25) is 0 Å². The van der Waals surface area contributed by atoms with Crippen LogP contribution >= 0.6 is 0 Å². The maximum atomic E-state index is 4.84. The van der Waals surface area contributed by atoms with Crippen LogP contribution in [0, 0.1) is 0 Å². The monoisotopic (exact) mass is 336 g/mol. The molecule has 1 unspecified atom stereocenters. The Bertz CT molecular complexity index is 763. The van der Waals surface area contributed by atoms with E-state index in [9.17, 15) is 0 Å². The standard InChI is InChI=1S/C21H28N4/c1-2-12-25-19(8-1)13-23-21(25)18-7-4-11-24(15-18)14-17-6-3-5-16-9-10-22-20(16)17/h3,5-6,13,18,22H,1-2,4,7-12,14-15H2. The third kappa shape index (κ3) is 2.86. The molecule has 1 fully saturated rings. The number of benzene rings is 1. The Labute approximate surface area is 150 Å². The van der Waals surface area contributed by atoms with E-state index in [0.717, 1.165) is 19.6 Å². The van der Waals surface area contributed by atoms with Crippen molar-refractivity contribution in [3.05, 3.63) is 47.0 Å². The van der Waals surface area contributed by atoms with Crippen molar-refractivity contribution >= 4 is 5.69 Å². The maximum Gasteiger partial charge on any atom is 0.113 e. The number of imidazole rings is 1. The fraction of sp³-hybridized carbons (Fsp3) is 0.571. The van der Waals surface area contributed by atoms with E-state index >= 15 is 0 Å². The van der Waals surface area contributed by atoms with Gasteiger partial charge in [-0.05, 0) is 56.2 Å². The Hall–Kier alpha value is -1.81. The van der Waals surface area contributed by atoms with E-state index in [1.54, 1.807) is 0 Å². The highest BCUT2D eigenvalue weighted by atomic mass is 15.2. The number of hydrogen-bond acceptors (Lipinski definition) is 3. The van der Waals surface area contributed by atoms with E-state index in [2.05, 4.69) is 39.2 Å². The smallest absolute Gasteiger partial charge is 0.113 e. The third-order valence-corrected chi connectivity index (χ3v) is 6.23. The van der Waals surface area contributed by atoms with E-state index < -0.39 is 0 Å². The lowest BCUT2D eigenvalue weighted by Gasteiger charge is -2.33. The lowest BCUT2D eigenvalue weighted by molar-refractivity contribution is 0.194. The van der Waals surface area contributed by atoms with Gasteiger partial charge in [0.2, 0.25) is 0 Å². The average molecular weight is 336 g/mol. The van der Waals surface area contributed by atoms with Gasteiger partial charge in [0.15, 0.2) is 0 Å². The number of hydrogen-bond donors (Lipinski definition) is 1. The molecule has 1 atom stereocenters. The number of fused-ring (bicyclic) bond motifs is 2. The lowest BCUT2D eigenvalue weighted by Crippen LogP contribution is -2.35. The molecule has 1 aromatic carbocycles. The summed E-state index contributed by atoms with van der Waals surface area (Å²) in [6, 6.07) is 6.81. The van der Waals surface area contributed by atoms with Gasteiger partial charge in [0.05, 0.1) is 0 Å². The fourth-order valence-electron chi connectivity index (χ4n) is 4.98. The molecule has 5 rings (SSSR count). The van der Waals surface area contributed by atoms with Crippen LogP contribution in [0.15, 0.2) is 24.4 Å². The van der Waals surface area contributed by atoms with Gasteiger partial charge in [-0.15, -0.1) is 0 Å². The topological polar surface area (TPSA) is 33.1 Å². The Balaban J connectivity index is 1.33. The second kappa shape index (κ2) is 6.49. The molecule has 0 spiro atoms. The van der Waals surface area contributed by atoms with E-state index in [1.165, 1.54) is 79.9 Å². The quantitative estimate of drug-likeness (QED) is 0.930. The van der Waals surface area contributed by atoms with Crippen molar-refractivity contribution in [1.82, 2.24) is 14.5 Å². The number of piperidine rings is 1. The predicted octanol–water partition coefficient (Wildman–Crippen LogP) is 3.57. The summed E-state index contributed by atoms with van der Waals surface area (Å²) in [5.41, 5.74) is 5.83. The van der Waals surface area contributed by atoms with Crippen LogP contribution < -0.4 is 5.32 Å². The van der Waals surface area contributed by atoms with E-state index in [1.807, 2.05) is 0 Å². The van der Waals surface area contributed by atoms with Crippen LogP contribution in [0.5, 0.6) is 0 Å². The summed E-state index contributed by atoms with van der Waals surface area (Å²) in [5.74, 6) is 1.96. The molecule has 4 heteroatoms. The number of rotatable bonds is 3. The Kier molecular flexibility index (Phi) is 4.01. The van der Waals surface area contributed by atoms with Crippen LogP contribution in [0.4, 0.5) is 5.69 Å². The molecular weight excluding hydrogens is 308 g/mol. The molecule has 3 aliphatic heterocycles. The van der Waals surface area contributed by atoms with Crippen LogP contribution in [0.25, 0.3) is 0 Å². The maximum absolute atomic E-state index is 4.84. The Morgan fingerprint density at radius 3 is 3.12 bits per heavy atom. The van der Waals surface area contributed by atoms with Crippen molar-refractivity contribution in [1.29, 1.82) is 0 Å². The van der Waals surface area contributed by atoms with Gasteiger partial charge in [0, 0.05) is 49.7 Å². The summed E-state index contributed by atoms with van der Waals surface area (Å²) >= 11 is 0. The molecule has 2 aromatic rings. The highest BCUT2D eigenvalue weighted by Crippen LogP contribution is 2.32. The Morgan fingerprint density at radius 2 is 2.12 bits per heavy atom. The largest absolute Gasteiger partial charge is 0.384 e. The number of anilines is 1. The molecule has 1 saturated heterocycles. The van der Waals surface area contributed by atoms with Gasteiger partial charge in [-0.2, -0.15) is 0 Å². The molecule has 132 valence electrons. The highest BCUT2D eigenvalue weighted by molar-refractivity contribution is 5.61. The molecule has 0 aliphatic carbocycles. The first kappa shape index (κ1) is 15.4. The SMILES string of the molecule is c1cc2c(c(CN3CCCC(c4ncc5n4CCCC5)C3)c1)NCC2. The fourth-order valence-corrected chi connectivity index (χ4v) is 4.98. The van der Waals surface area contributed by atoms with Crippen LogP contribution in [-0.2, 0) is 25.9 Å². The van der Waals surface area contributed by atoms with E-state index in [-0.39, 0.29) is 0 Å². The number of aryl methyl sites for hydroxylation is 1. The molecule has 25 heavy (non-hydrogen) atoms. The zero-order chi connectivity index (χ0) is 16.6. The summed E-state index contributed by atoms with van der Waals surface area (Å²) in [5, 5.41) is 3.59. The highest BCUT2D eigenvalue weighted by Gasteiger charge is 2.27. The van der Waals surface area contributed by atoms with Crippen molar-refractivity contribution in [3.63, 3.8) is 0 Å². The van der Waals surface area contributed by atoms with Crippen molar-refractivity contribution in [2.24, 2.45) is 0 Å². The molecule has 0 bridgehead atoms. The van der Waals surface area contributed by atoms with Gasteiger partial charge in [-0.1, -0.05) is 18.2 Å². The van der Waals surface area contributed by atoms with Crippen LogP contribution in [0.1, 0.15) is 54.2 Å². The summed E-state index contributed by atoms with van der Waals surface area (Å²) in [6.45, 7) is 5.71. The summed E-state index contributed by atoms with van der Waals surface area (Å²) in [7, 11) is 0. The van der Waals surface area contributed by atoms with Crippen LogP contribution in [0.3, 0.4) is 0 Å². The van der Waals surface area contributed by atoms with Gasteiger partial charge in [0.25, 0.3) is 0 Å². The first-order valence-corrected chi connectivity index (χ1v) is 10.00. The minimum absolute atomic E-state index is 0.602. The van der Waals surface area contributed by atoms with E-state index in [4.69, 9.17) is 4.98 Å². The first-order valence-electron chi connectivity index (χ1n) is 10.00. The van der Waals surface area contributed by atoms with Crippen molar-refractivity contribution in [2.75, 3.05) is 25.0 Å². The number of likely N-dealkylation sites (tertiary alicyclic amines) is 1. The third-order valence-electron chi connectivity index (χ3n) is 6.23. The van der Waals surface area contributed by atoms with Gasteiger partial charge in [-0.3, -0.25) is 4.90 Å². The van der Waals surface area contributed by atoms with Gasteiger partial charge >= 0.3 is 0 Å². The molecule has 1 aromatic heterocycles. The zero-order valence-corrected chi connectivity index (χ0v) is 15.0. The van der Waals surface area contributed by atoms with Crippen molar-refractivity contribution in [2.45, 2.75) is 57.5 Å². The normalized spacial score (nSPS) is 23.1. The first-order chi connectivity index (χ1) is 12.4. The molecule has 0 radical (unpaired) electrons. The molecule has 0 saturated carbocycles. The molecular formula is C21H28N4. The molecule has 4 heterocycles. The summed E-state index contributed by atoms with van der Waals surface area (Å²) in [6.07, 6.45) is 9.74. The summed E-state index contributed by atoms with van der Waals surface area (Å²) in [4.78, 5) is 7.49. The number of para-hydroxylation sites is 1. The van der Waals surface area contributed by atoms with Gasteiger partial charge in [-0.25, -0.2) is 4.98 Å². The second-order valence-corrected chi connectivity index (χ2v) is 7.92. The minimum Gasteiger partial charge on any atom is -0.384 e. The molecule has 4 nitrogen and oxygen atoms in total. The van der Waals surface area contributed by atoms with Crippen LogP contribution in [-0.4, -0.2) is 34.1 Å². The molecule has 1 N–H and O–H groups in total. The van der Waals surface area contributed by atoms with Gasteiger partial charge < -0.3 is 9.88 Å². The predicted molar refractivity (Wildman–Crippen MR) is 101 cm³/mol. The number of aromatic nitrogens is 2. The van der Waals surface area contributed by atoms with E-state index in [0.29, 0.717) is 5.92 Å². The Morgan fingerprint density at radius 1 is 1.12 bits per heavy atom. The lowest BCUT2D eigenvalue weighted by atomic mass is 9.96. The minimum atomic E-state index is 0.602. The molecule has 3 aliphatic rings. The van der Waals surface area contributed by atoms with Crippen molar-refractivity contribution < 1.29 is 0 Å². The average Bonchev–Trinajstić information content (AvgIpc) is 3.29. The number of nitrogens with zero attached hydrogens (tertiary/aromatic N) is 3. The van der Waals surface area contributed by atoms with Gasteiger partial charge in [0.1, 0.15) is 5.82 Å². The van der Waals surface area contributed by atoms with Crippen molar-refractivity contribution in [3.8, 4) is 0 Å². The number of nitrogens with one attached hydrogen (secondary N) is 1. The second-order valence-electron chi connectivity index (χ2n) is 7.92.